The maximum absolute atomic E-state index is 13.3. The summed E-state index contributed by atoms with van der Waals surface area (Å²) < 4.78 is 26.6. The van der Waals surface area contributed by atoms with E-state index in [4.69, 9.17) is 5.73 Å². The van der Waals surface area contributed by atoms with Gasteiger partial charge >= 0.3 is 0 Å². The smallest absolute Gasteiger partial charge is 0.126 e. The van der Waals surface area contributed by atoms with Crippen LogP contribution in [-0.4, -0.2) is 0 Å². The molecule has 3 heteroatoms. The number of hydrogen-bond acceptors (Lipinski definition) is 1. The molecule has 0 amide bonds. The Kier molecular flexibility index (Phi) is 3.21. The Morgan fingerprint density at radius 2 is 1.71 bits per heavy atom. The number of nitrogens with two attached hydrogens (primary N) is 1. The fourth-order valence-electron chi connectivity index (χ4n) is 2.90. The van der Waals surface area contributed by atoms with Crippen LogP contribution in [0.4, 0.5) is 8.78 Å². The molecule has 0 spiro atoms. The summed E-state index contributed by atoms with van der Waals surface area (Å²) in [5.74, 6) is -0.340. The molecule has 1 aromatic carbocycles. The molecule has 2 N–H and O–H groups in total. The minimum Gasteiger partial charge on any atom is -0.321 e. The van der Waals surface area contributed by atoms with Gasteiger partial charge in [-0.1, -0.05) is 20.3 Å². The van der Waals surface area contributed by atoms with E-state index < -0.39 is 17.2 Å². The van der Waals surface area contributed by atoms with E-state index in [0.717, 1.165) is 25.3 Å². The zero-order valence-corrected chi connectivity index (χ0v) is 10.3. The molecule has 1 aliphatic carbocycles. The van der Waals surface area contributed by atoms with Gasteiger partial charge in [0, 0.05) is 11.6 Å². The lowest BCUT2D eigenvalue weighted by molar-refractivity contribution is 0.161. The van der Waals surface area contributed by atoms with E-state index in [9.17, 15) is 8.78 Å². The van der Waals surface area contributed by atoms with Crippen LogP contribution >= 0.6 is 0 Å². The standard InChI is InChI=1S/C14H19F2N/c1-9-3-4-10(2)14(17,8-9)11-5-12(15)7-13(16)6-11/h5-7,9-10H,3-4,8,17H2,1-2H3. The zero-order chi connectivity index (χ0) is 12.6. The molecule has 1 fully saturated rings. The third-order valence-corrected chi connectivity index (χ3v) is 4.06. The minimum absolute atomic E-state index is 0.250. The van der Waals surface area contributed by atoms with Crippen molar-refractivity contribution in [1.82, 2.24) is 0 Å². The number of hydrogen-bond donors (Lipinski definition) is 1. The highest BCUT2D eigenvalue weighted by Gasteiger charge is 2.39. The van der Waals surface area contributed by atoms with Gasteiger partial charge < -0.3 is 5.73 Å². The molecular weight excluding hydrogens is 220 g/mol. The normalized spacial score (nSPS) is 33.7. The number of halogens is 2. The van der Waals surface area contributed by atoms with Crippen molar-refractivity contribution < 1.29 is 8.78 Å². The van der Waals surface area contributed by atoms with E-state index >= 15 is 0 Å². The lowest BCUT2D eigenvalue weighted by Gasteiger charge is -2.42. The van der Waals surface area contributed by atoms with Gasteiger partial charge in [0.05, 0.1) is 0 Å². The summed E-state index contributed by atoms with van der Waals surface area (Å²) in [7, 11) is 0. The molecule has 1 aliphatic rings. The summed E-state index contributed by atoms with van der Waals surface area (Å²) in [6.07, 6.45) is 2.94. The Bertz CT molecular complexity index is 398. The van der Waals surface area contributed by atoms with Crippen molar-refractivity contribution in [2.24, 2.45) is 17.6 Å². The average molecular weight is 239 g/mol. The highest BCUT2D eigenvalue weighted by molar-refractivity contribution is 5.27. The molecule has 1 saturated carbocycles. The Morgan fingerprint density at radius 1 is 1.12 bits per heavy atom. The van der Waals surface area contributed by atoms with E-state index in [0.29, 0.717) is 11.5 Å². The number of rotatable bonds is 1. The first-order valence-corrected chi connectivity index (χ1v) is 6.17. The molecule has 2 rings (SSSR count). The fourth-order valence-corrected chi connectivity index (χ4v) is 2.90. The molecule has 0 aliphatic heterocycles. The highest BCUT2D eigenvalue weighted by atomic mass is 19.1. The molecule has 17 heavy (non-hydrogen) atoms. The van der Waals surface area contributed by atoms with E-state index in [-0.39, 0.29) is 5.92 Å². The maximum Gasteiger partial charge on any atom is 0.126 e. The van der Waals surface area contributed by atoms with Crippen molar-refractivity contribution in [3.05, 3.63) is 35.4 Å². The van der Waals surface area contributed by atoms with Crippen molar-refractivity contribution in [2.45, 2.75) is 38.6 Å². The molecule has 3 unspecified atom stereocenters. The predicted octanol–water partition coefficient (Wildman–Crippen LogP) is 3.57. The summed E-state index contributed by atoms with van der Waals surface area (Å²) in [6, 6.07) is 3.64. The third kappa shape index (κ3) is 2.34. The van der Waals surface area contributed by atoms with Crippen molar-refractivity contribution in [1.29, 1.82) is 0 Å². The molecule has 1 nitrogen and oxygen atoms in total. The first-order valence-electron chi connectivity index (χ1n) is 6.17. The second-order valence-corrected chi connectivity index (χ2v) is 5.49. The van der Waals surface area contributed by atoms with E-state index in [2.05, 4.69) is 13.8 Å². The average Bonchev–Trinajstić information content (AvgIpc) is 2.22. The zero-order valence-electron chi connectivity index (χ0n) is 10.3. The molecule has 0 aromatic heterocycles. The Hall–Kier alpha value is -0.960. The van der Waals surface area contributed by atoms with Gasteiger partial charge in [-0.15, -0.1) is 0 Å². The van der Waals surface area contributed by atoms with Crippen LogP contribution in [0.5, 0.6) is 0 Å². The van der Waals surface area contributed by atoms with Crippen molar-refractivity contribution in [3.8, 4) is 0 Å². The lowest BCUT2D eigenvalue weighted by Crippen LogP contribution is -2.47. The summed E-state index contributed by atoms with van der Waals surface area (Å²) in [6.45, 7) is 4.21. The van der Waals surface area contributed by atoms with Gasteiger partial charge in [-0.3, -0.25) is 0 Å². The van der Waals surface area contributed by atoms with Crippen molar-refractivity contribution >= 4 is 0 Å². The second-order valence-electron chi connectivity index (χ2n) is 5.49. The highest BCUT2D eigenvalue weighted by Crippen LogP contribution is 2.42. The van der Waals surface area contributed by atoms with Crippen LogP contribution in [0.15, 0.2) is 18.2 Å². The topological polar surface area (TPSA) is 26.0 Å². The minimum atomic E-state index is -0.597. The van der Waals surface area contributed by atoms with Crippen LogP contribution in [0.1, 0.15) is 38.7 Å². The SMILES string of the molecule is CC1CCC(C)C(N)(c2cc(F)cc(F)c2)C1. The van der Waals surface area contributed by atoms with Gasteiger partial charge in [0.25, 0.3) is 0 Å². The lowest BCUT2D eigenvalue weighted by atomic mass is 9.67. The van der Waals surface area contributed by atoms with Crippen molar-refractivity contribution in [3.63, 3.8) is 0 Å². The van der Waals surface area contributed by atoms with Crippen LogP contribution in [0.2, 0.25) is 0 Å². The van der Waals surface area contributed by atoms with Crippen LogP contribution in [0, 0.1) is 23.5 Å². The Morgan fingerprint density at radius 3 is 2.29 bits per heavy atom. The van der Waals surface area contributed by atoms with E-state index in [1.165, 1.54) is 12.1 Å². The quantitative estimate of drug-likeness (QED) is 0.796. The van der Waals surface area contributed by atoms with Gasteiger partial charge in [-0.2, -0.15) is 0 Å². The third-order valence-electron chi connectivity index (χ3n) is 4.06. The van der Waals surface area contributed by atoms with Crippen LogP contribution in [-0.2, 0) is 5.54 Å². The van der Waals surface area contributed by atoms with Crippen molar-refractivity contribution in [2.75, 3.05) is 0 Å². The number of benzene rings is 1. The monoisotopic (exact) mass is 239 g/mol. The van der Waals surface area contributed by atoms with E-state index in [1.54, 1.807) is 0 Å². The molecular formula is C14H19F2N. The second kappa shape index (κ2) is 4.37. The summed E-state index contributed by atoms with van der Waals surface area (Å²) in [5.41, 5.74) is 6.41. The molecule has 0 heterocycles. The van der Waals surface area contributed by atoms with Crippen LogP contribution in [0.25, 0.3) is 0 Å². The van der Waals surface area contributed by atoms with Gasteiger partial charge in [0.1, 0.15) is 11.6 Å². The van der Waals surface area contributed by atoms with E-state index in [1.807, 2.05) is 0 Å². The molecule has 1 aromatic rings. The van der Waals surface area contributed by atoms with Gasteiger partial charge in [-0.05, 0) is 42.4 Å². The molecule has 94 valence electrons. The fraction of sp³-hybridized carbons (Fsp3) is 0.571. The largest absolute Gasteiger partial charge is 0.321 e. The summed E-state index contributed by atoms with van der Waals surface area (Å²) in [4.78, 5) is 0. The van der Waals surface area contributed by atoms with Gasteiger partial charge in [0.15, 0.2) is 0 Å². The summed E-state index contributed by atoms with van der Waals surface area (Å²) in [5, 5.41) is 0. The van der Waals surface area contributed by atoms with Gasteiger partial charge in [0.2, 0.25) is 0 Å². The van der Waals surface area contributed by atoms with Gasteiger partial charge in [-0.25, -0.2) is 8.78 Å². The molecule has 3 atom stereocenters. The van der Waals surface area contributed by atoms with Crippen LogP contribution in [0.3, 0.4) is 0 Å². The Labute approximate surface area is 101 Å². The summed E-state index contributed by atoms with van der Waals surface area (Å²) >= 11 is 0. The van der Waals surface area contributed by atoms with Crippen LogP contribution < -0.4 is 5.73 Å². The first kappa shape index (κ1) is 12.5. The maximum atomic E-state index is 13.3. The molecule has 0 bridgehead atoms. The first-order chi connectivity index (χ1) is 7.91. The Balaban J connectivity index is 2.41. The molecule has 0 radical (unpaired) electrons. The predicted molar refractivity (Wildman–Crippen MR) is 64.4 cm³/mol. The molecule has 0 saturated heterocycles.